The van der Waals surface area contributed by atoms with E-state index in [1.807, 2.05) is 0 Å². The number of aliphatic hydroxyl groups excluding tert-OH is 1. The third kappa shape index (κ3) is 82.1. The first kappa shape index (κ1) is 106. The molecule has 0 aromatic rings. The van der Waals surface area contributed by atoms with E-state index in [4.69, 9.17) is 37.0 Å². The van der Waals surface area contributed by atoms with Crippen molar-refractivity contribution in [2.75, 3.05) is 39.6 Å². The van der Waals surface area contributed by atoms with E-state index >= 15 is 0 Å². The van der Waals surface area contributed by atoms with Crippen molar-refractivity contribution in [3.63, 3.8) is 0 Å². The second kappa shape index (κ2) is 81.6. The van der Waals surface area contributed by atoms with Gasteiger partial charge in [0.25, 0.3) is 0 Å². The lowest BCUT2D eigenvalue weighted by molar-refractivity contribution is -0.161. The van der Waals surface area contributed by atoms with Gasteiger partial charge in [0.05, 0.1) is 26.4 Å². The minimum Gasteiger partial charge on any atom is -0.462 e. The average Bonchev–Trinajstić information content (AvgIpc) is 0.897. The first-order valence-electron chi connectivity index (χ1n) is 46.1. The number of phosphoric acid groups is 2. The van der Waals surface area contributed by atoms with E-state index in [0.29, 0.717) is 25.7 Å². The number of unbranched alkanes of at least 4 members (excludes halogenated alkanes) is 61. The van der Waals surface area contributed by atoms with Crippen LogP contribution in [0.1, 0.15) is 484 Å². The molecule has 0 aliphatic heterocycles. The Morgan fingerprint density at radius 3 is 0.630 bits per heavy atom. The molecule has 0 bridgehead atoms. The van der Waals surface area contributed by atoms with Crippen LogP contribution >= 0.6 is 15.6 Å². The van der Waals surface area contributed by atoms with Crippen molar-refractivity contribution < 1.29 is 80.2 Å². The third-order valence-electron chi connectivity index (χ3n) is 21.0. The Balaban J connectivity index is 5.23. The maximum Gasteiger partial charge on any atom is 0.472 e. The van der Waals surface area contributed by atoms with E-state index in [-0.39, 0.29) is 25.7 Å². The molecule has 0 rings (SSSR count). The lowest BCUT2D eigenvalue weighted by atomic mass is 10.0. The van der Waals surface area contributed by atoms with Crippen molar-refractivity contribution in [3.05, 3.63) is 0 Å². The summed E-state index contributed by atoms with van der Waals surface area (Å²) in [6.45, 7) is 7.35. The van der Waals surface area contributed by atoms with Gasteiger partial charge in [-0.2, -0.15) is 0 Å². The predicted octanol–water partition coefficient (Wildman–Crippen LogP) is 27.5. The van der Waals surface area contributed by atoms with Crippen LogP contribution in [0.25, 0.3) is 0 Å². The first-order valence-corrected chi connectivity index (χ1v) is 49.1. The van der Waals surface area contributed by atoms with Crippen LogP contribution in [-0.4, -0.2) is 96.7 Å². The second-order valence-electron chi connectivity index (χ2n) is 32.5. The summed E-state index contributed by atoms with van der Waals surface area (Å²) < 4.78 is 69.0. The quantitative estimate of drug-likeness (QED) is 0.0222. The average molecular weight is 1580 g/mol. The largest absolute Gasteiger partial charge is 0.472 e. The maximum atomic E-state index is 13.2. The van der Waals surface area contributed by atoms with Gasteiger partial charge in [-0.25, -0.2) is 9.13 Å². The summed E-state index contributed by atoms with van der Waals surface area (Å²) in [5, 5.41) is 10.7. The maximum absolute atomic E-state index is 13.2. The SMILES string of the molecule is CCCCCCCCCCCCCCCCCCCCCCCC(=O)O[C@H](COC(=O)CCCCCCCCCCCCCCCCCCCCC)COP(=O)(O)OC[C@@H](O)COP(=O)(O)OC[C@@H](COC(=O)CCCCCCCCCCC(C)C)OC(=O)CCCCCCCCCCCCCCCCCCC. The number of esters is 4. The molecule has 3 N–H and O–H groups in total. The lowest BCUT2D eigenvalue weighted by Crippen LogP contribution is -2.30. The molecule has 0 saturated carbocycles. The Bertz CT molecular complexity index is 2050. The number of phosphoric ester groups is 2. The van der Waals surface area contributed by atoms with Crippen molar-refractivity contribution in [1.29, 1.82) is 0 Å². The van der Waals surface area contributed by atoms with Crippen molar-refractivity contribution in [2.24, 2.45) is 5.92 Å². The fourth-order valence-corrected chi connectivity index (χ4v) is 15.6. The van der Waals surface area contributed by atoms with E-state index in [1.165, 1.54) is 308 Å². The molecule has 0 radical (unpaired) electrons. The van der Waals surface area contributed by atoms with Gasteiger partial charge >= 0.3 is 39.5 Å². The molecule has 0 aliphatic carbocycles. The molecule has 0 aliphatic rings. The number of aliphatic hydroxyl groups is 1. The fraction of sp³-hybridized carbons (Fsp3) is 0.955. The van der Waals surface area contributed by atoms with Gasteiger partial charge in [-0.3, -0.25) is 37.3 Å². The van der Waals surface area contributed by atoms with Crippen molar-refractivity contribution in [1.82, 2.24) is 0 Å². The molecule has 2 unspecified atom stereocenters. The minimum atomic E-state index is -4.97. The summed E-state index contributed by atoms with van der Waals surface area (Å²) in [6, 6.07) is 0. The van der Waals surface area contributed by atoms with E-state index in [0.717, 1.165) is 95.8 Å². The zero-order chi connectivity index (χ0) is 79.0. The summed E-state index contributed by atoms with van der Waals surface area (Å²) in [4.78, 5) is 73.3. The summed E-state index contributed by atoms with van der Waals surface area (Å²) >= 11 is 0. The second-order valence-corrected chi connectivity index (χ2v) is 35.4. The zero-order valence-electron chi connectivity index (χ0n) is 71.0. The van der Waals surface area contributed by atoms with Crippen LogP contribution in [-0.2, 0) is 65.4 Å². The Labute approximate surface area is 664 Å². The molecule has 0 amide bonds. The van der Waals surface area contributed by atoms with E-state index in [1.54, 1.807) is 0 Å². The summed E-state index contributed by atoms with van der Waals surface area (Å²) in [7, 11) is -9.93. The van der Waals surface area contributed by atoms with Gasteiger partial charge in [-0.15, -0.1) is 0 Å². The molecule has 0 fully saturated rings. The molecule has 5 atom stereocenters. The zero-order valence-corrected chi connectivity index (χ0v) is 72.8. The van der Waals surface area contributed by atoms with Gasteiger partial charge in [0.15, 0.2) is 12.2 Å². The topological polar surface area (TPSA) is 237 Å². The number of carbonyl (C=O) groups excluding carboxylic acids is 4. The van der Waals surface area contributed by atoms with E-state index in [2.05, 4.69) is 34.6 Å². The fourth-order valence-electron chi connectivity index (χ4n) is 14.0. The first-order chi connectivity index (χ1) is 52.5. The Kier molecular flexibility index (Phi) is 80.2. The van der Waals surface area contributed by atoms with Gasteiger partial charge in [0.2, 0.25) is 0 Å². The van der Waals surface area contributed by atoms with Crippen LogP contribution in [0, 0.1) is 5.92 Å². The van der Waals surface area contributed by atoms with Gasteiger partial charge < -0.3 is 33.8 Å². The third-order valence-corrected chi connectivity index (χ3v) is 22.9. The normalized spacial score (nSPS) is 13.7. The molecular formula is C89H174O17P2. The number of rotatable bonds is 89. The minimum absolute atomic E-state index is 0.108. The molecule has 0 aromatic carbocycles. The molecule has 17 nitrogen and oxygen atoms in total. The summed E-state index contributed by atoms with van der Waals surface area (Å²) in [5.41, 5.74) is 0. The number of hydrogen-bond acceptors (Lipinski definition) is 15. The van der Waals surface area contributed by atoms with Gasteiger partial charge in [0.1, 0.15) is 19.3 Å². The molecule has 0 saturated heterocycles. The van der Waals surface area contributed by atoms with Crippen molar-refractivity contribution in [3.8, 4) is 0 Å². The highest BCUT2D eigenvalue weighted by Gasteiger charge is 2.30. The highest BCUT2D eigenvalue weighted by Crippen LogP contribution is 2.45. The lowest BCUT2D eigenvalue weighted by Gasteiger charge is -2.21. The Morgan fingerprint density at radius 2 is 0.426 bits per heavy atom. The number of ether oxygens (including phenoxy) is 4. The standard InChI is InChI=1S/C89H174O17P2/c1-6-9-12-15-18-21-24-27-30-33-35-36-38-41-44-47-50-53-60-65-70-74-88(93)105-84(78-99-86(91)72-67-62-57-51-48-45-42-40-37-34-31-28-25-22-19-16-13-10-7-2)80-103-107(95,96)101-76-83(90)77-102-108(97,98)104-81-85(79-100-87(92)73-68-63-58-55-54-56-61-66-71-82(4)5)106-89(94)75-69-64-59-52-49-46-43-39-32-29-26-23-20-17-14-11-8-3/h82-85,90H,6-81H2,1-5H3,(H,95,96)(H,97,98)/t83-,84-,85-/m1/s1. The molecular weight excluding hydrogens is 1400 g/mol. The number of hydrogen-bond donors (Lipinski definition) is 3. The number of carbonyl (C=O) groups is 4. The molecule has 0 aromatic heterocycles. The summed E-state index contributed by atoms with van der Waals surface area (Å²) in [6.07, 6.45) is 76.5. The highest BCUT2D eigenvalue weighted by atomic mass is 31.2. The van der Waals surface area contributed by atoms with Crippen LogP contribution in [0.2, 0.25) is 0 Å². The Hall–Kier alpha value is -1.94. The van der Waals surface area contributed by atoms with E-state index in [9.17, 15) is 43.2 Å². The molecule has 108 heavy (non-hydrogen) atoms. The van der Waals surface area contributed by atoms with Gasteiger partial charge in [-0.1, -0.05) is 433 Å². The predicted molar refractivity (Wildman–Crippen MR) is 446 cm³/mol. The molecule has 642 valence electrons. The van der Waals surface area contributed by atoms with Crippen LogP contribution in [0.3, 0.4) is 0 Å². The molecule has 0 heterocycles. The molecule has 19 heteroatoms. The van der Waals surface area contributed by atoms with Crippen LogP contribution in [0.5, 0.6) is 0 Å². The summed E-state index contributed by atoms with van der Waals surface area (Å²) in [5.74, 6) is -1.37. The monoisotopic (exact) mass is 1580 g/mol. The highest BCUT2D eigenvalue weighted by molar-refractivity contribution is 7.47. The Morgan fingerprint density at radius 1 is 0.250 bits per heavy atom. The molecule has 0 spiro atoms. The van der Waals surface area contributed by atoms with Crippen molar-refractivity contribution in [2.45, 2.75) is 502 Å². The van der Waals surface area contributed by atoms with E-state index < -0.39 is 97.5 Å². The van der Waals surface area contributed by atoms with Crippen LogP contribution < -0.4 is 0 Å². The van der Waals surface area contributed by atoms with Crippen molar-refractivity contribution >= 4 is 39.5 Å². The van der Waals surface area contributed by atoms with Gasteiger partial charge in [0, 0.05) is 25.7 Å². The van der Waals surface area contributed by atoms with Crippen LogP contribution in [0.4, 0.5) is 0 Å². The van der Waals surface area contributed by atoms with Gasteiger partial charge in [-0.05, 0) is 31.6 Å². The smallest absolute Gasteiger partial charge is 0.462 e. The van der Waals surface area contributed by atoms with Crippen LogP contribution in [0.15, 0.2) is 0 Å².